The van der Waals surface area contributed by atoms with Crippen molar-refractivity contribution in [3.05, 3.63) is 47.5 Å². The van der Waals surface area contributed by atoms with Gasteiger partial charge in [0.15, 0.2) is 18.1 Å². The van der Waals surface area contributed by atoms with Gasteiger partial charge in [-0.15, -0.1) is 0 Å². The number of methoxy groups -OCH3 is 3. The van der Waals surface area contributed by atoms with Crippen LogP contribution in [0.1, 0.15) is 15.9 Å². The van der Waals surface area contributed by atoms with Crippen molar-refractivity contribution in [2.24, 2.45) is 0 Å². The number of carbonyl (C=O) groups is 2. The molecule has 0 unspecified atom stereocenters. The predicted molar refractivity (Wildman–Crippen MR) is 96.2 cm³/mol. The minimum Gasteiger partial charge on any atom is -0.496 e. The number of benzene rings is 2. The van der Waals surface area contributed by atoms with Gasteiger partial charge in [-0.3, -0.25) is 4.79 Å². The van der Waals surface area contributed by atoms with Crippen molar-refractivity contribution in [3.63, 3.8) is 0 Å². The highest BCUT2D eigenvalue weighted by atomic mass is 16.5. The molecule has 0 saturated carbocycles. The summed E-state index contributed by atoms with van der Waals surface area (Å²) < 4.78 is 20.5. The number of carbonyl (C=O) groups excluding carboxylic acids is 2. The highest BCUT2D eigenvalue weighted by molar-refractivity contribution is 5.97. The first-order valence-corrected chi connectivity index (χ1v) is 7.79. The number of esters is 1. The summed E-state index contributed by atoms with van der Waals surface area (Å²) in [6, 6.07) is 11.2. The number of amides is 1. The molecule has 0 saturated heterocycles. The maximum absolute atomic E-state index is 12.3. The third-order valence-corrected chi connectivity index (χ3v) is 3.56. The summed E-state index contributed by atoms with van der Waals surface area (Å²) in [6.07, 6.45) is 0. The van der Waals surface area contributed by atoms with Gasteiger partial charge in [-0.1, -0.05) is 0 Å². The number of nitrogens with one attached hydrogen (secondary N) is 1. The molecule has 0 atom stereocenters. The molecule has 1 N–H and O–H groups in total. The average molecular weight is 370 g/mol. The molecule has 0 radical (unpaired) electrons. The third-order valence-electron chi connectivity index (χ3n) is 3.56. The van der Waals surface area contributed by atoms with Crippen molar-refractivity contribution in [2.45, 2.75) is 0 Å². The second-order valence-electron chi connectivity index (χ2n) is 5.22. The molecule has 2 aromatic rings. The second-order valence-corrected chi connectivity index (χ2v) is 5.22. The second kappa shape index (κ2) is 9.10. The van der Waals surface area contributed by atoms with Gasteiger partial charge in [0.25, 0.3) is 5.91 Å². The van der Waals surface area contributed by atoms with Gasteiger partial charge < -0.3 is 24.3 Å². The third kappa shape index (κ3) is 4.89. The van der Waals surface area contributed by atoms with Gasteiger partial charge in [0.1, 0.15) is 11.3 Å². The first-order chi connectivity index (χ1) is 13.0. The van der Waals surface area contributed by atoms with Gasteiger partial charge in [0.2, 0.25) is 0 Å². The lowest BCUT2D eigenvalue weighted by molar-refractivity contribution is -0.119. The van der Waals surface area contributed by atoms with Crippen molar-refractivity contribution in [2.75, 3.05) is 33.3 Å². The van der Waals surface area contributed by atoms with Crippen LogP contribution in [0.25, 0.3) is 0 Å². The maximum Gasteiger partial charge on any atom is 0.342 e. The van der Waals surface area contributed by atoms with Crippen molar-refractivity contribution >= 4 is 17.6 Å². The van der Waals surface area contributed by atoms with Crippen LogP contribution in [0.2, 0.25) is 0 Å². The Morgan fingerprint density at radius 2 is 1.56 bits per heavy atom. The minimum absolute atomic E-state index is 0.0984. The van der Waals surface area contributed by atoms with Crippen LogP contribution in [-0.4, -0.2) is 39.8 Å². The Bertz CT molecular complexity index is 871. The topological polar surface area (TPSA) is 107 Å². The zero-order valence-electron chi connectivity index (χ0n) is 15.1. The Hall–Kier alpha value is -3.73. The quantitative estimate of drug-likeness (QED) is 0.746. The van der Waals surface area contributed by atoms with Crippen molar-refractivity contribution < 1.29 is 28.5 Å². The lowest BCUT2D eigenvalue weighted by Gasteiger charge is -2.13. The summed E-state index contributed by atoms with van der Waals surface area (Å²) in [5.41, 5.74) is 1.06. The fraction of sp³-hybridized carbons (Fsp3) is 0.211. The molecule has 1 amide bonds. The van der Waals surface area contributed by atoms with E-state index in [1.807, 2.05) is 6.07 Å². The highest BCUT2D eigenvalue weighted by Crippen LogP contribution is 2.34. The molecular weight excluding hydrogens is 352 g/mol. The molecule has 8 heteroatoms. The van der Waals surface area contributed by atoms with E-state index in [4.69, 9.17) is 24.2 Å². The SMILES string of the molecule is COc1cc(OC)c(C(=O)OCC(=O)Nc2ccc(C#N)cc2)cc1OC. The van der Waals surface area contributed by atoms with Crippen molar-refractivity contribution in [1.29, 1.82) is 5.26 Å². The van der Waals surface area contributed by atoms with E-state index in [9.17, 15) is 9.59 Å². The zero-order chi connectivity index (χ0) is 19.8. The van der Waals surface area contributed by atoms with E-state index in [-0.39, 0.29) is 11.3 Å². The summed E-state index contributed by atoms with van der Waals surface area (Å²) >= 11 is 0. The van der Waals surface area contributed by atoms with Crippen LogP contribution in [0, 0.1) is 11.3 Å². The molecule has 0 heterocycles. The molecular formula is C19H18N2O6. The monoisotopic (exact) mass is 370 g/mol. The number of rotatable bonds is 7. The number of anilines is 1. The molecule has 0 fully saturated rings. The van der Waals surface area contributed by atoms with E-state index in [0.29, 0.717) is 22.7 Å². The first kappa shape index (κ1) is 19.6. The number of nitriles is 1. The number of nitrogens with zero attached hydrogens (tertiary/aromatic N) is 1. The van der Waals surface area contributed by atoms with E-state index in [2.05, 4.69) is 5.32 Å². The molecule has 0 aromatic heterocycles. The van der Waals surface area contributed by atoms with Crippen molar-refractivity contribution in [1.82, 2.24) is 0 Å². The summed E-state index contributed by atoms with van der Waals surface area (Å²) in [5.74, 6) is -0.322. The summed E-state index contributed by atoms with van der Waals surface area (Å²) in [7, 11) is 4.29. The van der Waals surface area contributed by atoms with Gasteiger partial charge in [-0.2, -0.15) is 5.26 Å². The lowest BCUT2D eigenvalue weighted by atomic mass is 10.1. The maximum atomic E-state index is 12.3. The number of ether oxygens (including phenoxy) is 4. The summed E-state index contributed by atoms with van der Waals surface area (Å²) in [5, 5.41) is 11.3. The summed E-state index contributed by atoms with van der Waals surface area (Å²) in [4.78, 5) is 24.3. The Kier molecular flexibility index (Phi) is 6.61. The van der Waals surface area contributed by atoms with Crippen LogP contribution in [0.15, 0.2) is 36.4 Å². The molecule has 0 spiro atoms. The molecule has 2 aromatic carbocycles. The molecule has 0 aliphatic rings. The molecule has 0 bridgehead atoms. The van der Waals surface area contributed by atoms with Crippen LogP contribution in [0.5, 0.6) is 17.2 Å². The lowest BCUT2D eigenvalue weighted by Crippen LogP contribution is -2.21. The van der Waals surface area contributed by atoms with Crippen LogP contribution < -0.4 is 19.5 Å². The molecule has 8 nitrogen and oxygen atoms in total. The van der Waals surface area contributed by atoms with Crippen LogP contribution in [-0.2, 0) is 9.53 Å². The zero-order valence-corrected chi connectivity index (χ0v) is 15.1. The summed E-state index contributed by atoms with van der Waals surface area (Å²) in [6.45, 7) is -0.490. The average Bonchev–Trinajstić information content (AvgIpc) is 2.71. The molecule has 140 valence electrons. The number of hydrogen-bond donors (Lipinski definition) is 1. The Morgan fingerprint density at radius 1 is 0.963 bits per heavy atom. The fourth-order valence-corrected chi connectivity index (χ4v) is 2.22. The van der Waals surface area contributed by atoms with E-state index >= 15 is 0 Å². The van der Waals surface area contributed by atoms with Gasteiger partial charge in [-0.25, -0.2) is 4.79 Å². The molecule has 0 aliphatic carbocycles. The smallest absolute Gasteiger partial charge is 0.342 e. The van der Waals surface area contributed by atoms with Gasteiger partial charge in [-0.05, 0) is 24.3 Å². The molecule has 0 aliphatic heterocycles. The Morgan fingerprint density at radius 3 is 2.11 bits per heavy atom. The van der Waals surface area contributed by atoms with Gasteiger partial charge in [0.05, 0.1) is 33.0 Å². The van der Waals surface area contributed by atoms with E-state index in [0.717, 1.165) is 0 Å². The standard InChI is InChI=1S/C19H18N2O6/c1-24-15-9-17(26-3)16(25-2)8-14(15)19(23)27-11-18(22)21-13-6-4-12(10-20)5-7-13/h4-9H,11H2,1-3H3,(H,21,22). The van der Waals surface area contributed by atoms with Crippen LogP contribution in [0.3, 0.4) is 0 Å². The Balaban J connectivity index is 2.04. The van der Waals surface area contributed by atoms with Crippen LogP contribution in [0.4, 0.5) is 5.69 Å². The first-order valence-electron chi connectivity index (χ1n) is 7.79. The number of hydrogen-bond acceptors (Lipinski definition) is 7. The largest absolute Gasteiger partial charge is 0.496 e. The van der Waals surface area contributed by atoms with E-state index in [1.165, 1.54) is 33.5 Å². The van der Waals surface area contributed by atoms with E-state index < -0.39 is 18.5 Å². The van der Waals surface area contributed by atoms with Crippen LogP contribution >= 0.6 is 0 Å². The highest BCUT2D eigenvalue weighted by Gasteiger charge is 2.20. The van der Waals surface area contributed by atoms with Crippen molar-refractivity contribution in [3.8, 4) is 23.3 Å². The van der Waals surface area contributed by atoms with Gasteiger partial charge in [0, 0.05) is 17.8 Å². The van der Waals surface area contributed by atoms with E-state index in [1.54, 1.807) is 24.3 Å². The minimum atomic E-state index is -0.747. The normalized spacial score (nSPS) is 9.70. The predicted octanol–water partition coefficient (Wildman–Crippen LogP) is 2.38. The van der Waals surface area contributed by atoms with Gasteiger partial charge >= 0.3 is 5.97 Å². The molecule has 2 rings (SSSR count). The molecule has 27 heavy (non-hydrogen) atoms. The Labute approximate surface area is 156 Å². The fourth-order valence-electron chi connectivity index (χ4n) is 2.22.